The number of hydrogen-bond acceptors (Lipinski definition) is 1. The van der Waals surface area contributed by atoms with E-state index in [1.807, 2.05) is 12.1 Å². The van der Waals surface area contributed by atoms with E-state index >= 15 is 0 Å². The molecule has 0 amide bonds. The van der Waals surface area contributed by atoms with E-state index in [4.69, 9.17) is 0 Å². The molecule has 108 valence electrons. The van der Waals surface area contributed by atoms with E-state index in [9.17, 15) is 4.39 Å². The van der Waals surface area contributed by atoms with Crippen molar-refractivity contribution in [1.82, 2.24) is 5.32 Å². The van der Waals surface area contributed by atoms with Gasteiger partial charge in [-0.25, -0.2) is 4.39 Å². The number of hydrogen-bond donors (Lipinski definition) is 1. The van der Waals surface area contributed by atoms with Crippen LogP contribution in [0.3, 0.4) is 0 Å². The van der Waals surface area contributed by atoms with E-state index in [1.54, 1.807) is 6.07 Å². The Morgan fingerprint density at radius 2 is 1.89 bits per heavy atom. The van der Waals surface area contributed by atoms with Gasteiger partial charge in [0, 0.05) is 10.5 Å². The van der Waals surface area contributed by atoms with Gasteiger partial charge in [-0.1, -0.05) is 49.7 Å². The van der Waals surface area contributed by atoms with Gasteiger partial charge in [0.1, 0.15) is 5.82 Å². The van der Waals surface area contributed by atoms with E-state index in [-0.39, 0.29) is 5.82 Å². The van der Waals surface area contributed by atoms with Crippen molar-refractivity contribution in [2.75, 3.05) is 6.54 Å². The molecule has 0 heterocycles. The highest BCUT2D eigenvalue weighted by Gasteiger charge is 2.14. The van der Waals surface area contributed by atoms with Crippen molar-refractivity contribution in [3.05, 3.63) is 34.1 Å². The molecule has 1 atom stereocenters. The van der Waals surface area contributed by atoms with Gasteiger partial charge in [0.05, 0.1) is 0 Å². The predicted octanol–water partition coefficient (Wildman–Crippen LogP) is 4.79. The van der Waals surface area contributed by atoms with Crippen LogP contribution >= 0.6 is 15.9 Å². The summed E-state index contributed by atoms with van der Waals surface area (Å²) in [6, 6.07) is 5.84. The predicted molar refractivity (Wildman–Crippen MR) is 83.9 cm³/mol. The van der Waals surface area contributed by atoms with Gasteiger partial charge in [-0.15, -0.1) is 0 Å². The van der Waals surface area contributed by atoms with Crippen LogP contribution < -0.4 is 5.32 Å². The van der Waals surface area contributed by atoms with Crippen LogP contribution in [0.4, 0.5) is 4.39 Å². The highest BCUT2D eigenvalue weighted by molar-refractivity contribution is 9.10. The first-order valence-corrected chi connectivity index (χ1v) is 7.85. The number of nitrogens with one attached hydrogen (secondary N) is 1. The first-order chi connectivity index (χ1) is 8.88. The third-order valence-electron chi connectivity index (χ3n) is 3.14. The van der Waals surface area contributed by atoms with Crippen LogP contribution in [-0.4, -0.2) is 12.6 Å². The Morgan fingerprint density at radius 1 is 1.21 bits per heavy atom. The molecule has 0 spiro atoms. The van der Waals surface area contributed by atoms with E-state index in [2.05, 4.69) is 48.9 Å². The molecule has 0 aliphatic carbocycles. The second-order valence-corrected chi connectivity index (χ2v) is 6.91. The Balaban J connectivity index is 2.69. The van der Waals surface area contributed by atoms with Crippen molar-refractivity contribution in [3.63, 3.8) is 0 Å². The highest BCUT2D eigenvalue weighted by atomic mass is 79.9. The summed E-state index contributed by atoms with van der Waals surface area (Å²) in [6.45, 7) is 9.69. The topological polar surface area (TPSA) is 12.0 Å². The molecule has 3 heteroatoms. The Hall–Kier alpha value is -0.410. The minimum atomic E-state index is -0.104. The van der Waals surface area contributed by atoms with Gasteiger partial charge in [-0.3, -0.25) is 0 Å². The van der Waals surface area contributed by atoms with E-state index < -0.39 is 0 Å². The second-order valence-electron chi connectivity index (χ2n) is 6.00. The van der Waals surface area contributed by atoms with Gasteiger partial charge in [0.2, 0.25) is 0 Å². The molecule has 0 aliphatic rings. The van der Waals surface area contributed by atoms with Crippen molar-refractivity contribution in [2.24, 2.45) is 11.8 Å². The molecule has 19 heavy (non-hydrogen) atoms. The van der Waals surface area contributed by atoms with Crippen LogP contribution in [0.15, 0.2) is 22.7 Å². The lowest BCUT2D eigenvalue weighted by atomic mass is 9.90. The Kier molecular flexibility index (Phi) is 7.01. The fourth-order valence-corrected chi connectivity index (χ4v) is 2.64. The fourth-order valence-electron chi connectivity index (χ4n) is 2.31. The quantitative estimate of drug-likeness (QED) is 0.758. The molecule has 1 rings (SSSR count). The van der Waals surface area contributed by atoms with Crippen LogP contribution in [-0.2, 0) is 6.42 Å². The Morgan fingerprint density at radius 3 is 2.42 bits per heavy atom. The SMILES string of the molecule is CC(C)CC(CNC(C)C)Cc1ccc(Br)cc1F. The zero-order valence-corrected chi connectivity index (χ0v) is 13.9. The molecule has 0 aromatic heterocycles. The summed E-state index contributed by atoms with van der Waals surface area (Å²) in [5.74, 6) is 1.02. The van der Waals surface area contributed by atoms with Crippen LogP contribution in [0.25, 0.3) is 0 Å². The number of halogens is 2. The summed E-state index contributed by atoms with van der Waals surface area (Å²) < 4.78 is 14.7. The summed E-state index contributed by atoms with van der Waals surface area (Å²) in [4.78, 5) is 0. The summed E-state index contributed by atoms with van der Waals surface area (Å²) in [5, 5.41) is 3.47. The van der Waals surface area contributed by atoms with Gasteiger partial charge in [-0.2, -0.15) is 0 Å². The van der Waals surface area contributed by atoms with Crippen LogP contribution in [0.1, 0.15) is 39.7 Å². The van der Waals surface area contributed by atoms with E-state index in [0.29, 0.717) is 17.9 Å². The van der Waals surface area contributed by atoms with Crippen molar-refractivity contribution < 1.29 is 4.39 Å². The van der Waals surface area contributed by atoms with Crippen molar-refractivity contribution in [3.8, 4) is 0 Å². The van der Waals surface area contributed by atoms with Crippen molar-refractivity contribution >= 4 is 15.9 Å². The molecule has 0 radical (unpaired) electrons. The average Bonchev–Trinajstić information content (AvgIpc) is 2.28. The standard InChI is InChI=1S/C16H25BrFN/c1-11(2)7-13(10-19-12(3)4)8-14-5-6-15(17)9-16(14)18/h5-6,9,11-13,19H,7-8,10H2,1-4H3. The van der Waals surface area contributed by atoms with Gasteiger partial charge in [0.15, 0.2) is 0 Å². The van der Waals surface area contributed by atoms with E-state index in [1.165, 1.54) is 0 Å². The largest absolute Gasteiger partial charge is 0.314 e. The minimum absolute atomic E-state index is 0.104. The molecular formula is C16H25BrFN. The van der Waals surface area contributed by atoms with Crippen LogP contribution in [0.2, 0.25) is 0 Å². The maximum absolute atomic E-state index is 13.9. The first-order valence-electron chi connectivity index (χ1n) is 7.05. The molecule has 0 saturated heterocycles. The lowest BCUT2D eigenvalue weighted by molar-refractivity contribution is 0.369. The Labute approximate surface area is 125 Å². The molecule has 0 bridgehead atoms. The second kappa shape index (κ2) is 8.01. The zero-order chi connectivity index (χ0) is 14.4. The molecule has 1 aromatic carbocycles. The number of rotatable bonds is 7. The van der Waals surface area contributed by atoms with Crippen LogP contribution in [0.5, 0.6) is 0 Å². The maximum Gasteiger partial charge on any atom is 0.127 e. The first kappa shape index (κ1) is 16.6. The summed E-state index contributed by atoms with van der Waals surface area (Å²) in [7, 11) is 0. The van der Waals surface area contributed by atoms with Gasteiger partial charge < -0.3 is 5.32 Å². The molecule has 1 N–H and O–H groups in total. The van der Waals surface area contributed by atoms with Crippen molar-refractivity contribution in [2.45, 2.75) is 46.6 Å². The fraction of sp³-hybridized carbons (Fsp3) is 0.625. The zero-order valence-electron chi connectivity index (χ0n) is 12.3. The van der Waals surface area contributed by atoms with Gasteiger partial charge in [-0.05, 0) is 48.9 Å². The number of benzene rings is 1. The minimum Gasteiger partial charge on any atom is -0.314 e. The Bertz CT molecular complexity index is 390. The average molecular weight is 330 g/mol. The summed E-state index contributed by atoms with van der Waals surface area (Å²) >= 11 is 3.30. The molecule has 1 nitrogen and oxygen atoms in total. The van der Waals surface area contributed by atoms with Gasteiger partial charge in [0.25, 0.3) is 0 Å². The smallest absolute Gasteiger partial charge is 0.127 e. The molecule has 1 aromatic rings. The highest BCUT2D eigenvalue weighted by Crippen LogP contribution is 2.21. The molecule has 0 saturated carbocycles. The molecular weight excluding hydrogens is 305 g/mol. The lowest BCUT2D eigenvalue weighted by Gasteiger charge is -2.21. The monoisotopic (exact) mass is 329 g/mol. The van der Waals surface area contributed by atoms with E-state index in [0.717, 1.165) is 29.4 Å². The summed E-state index contributed by atoms with van der Waals surface area (Å²) in [5.41, 5.74) is 0.819. The molecule has 1 unspecified atom stereocenters. The third kappa shape index (κ3) is 6.53. The molecule has 0 aliphatic heterocycles. The maximum atomic E-state index is 13.9. The van der Waals surface area contributed by atoms with Crippen molar-refractivity contribution in [1.29, 1.82) is 0 Å². The third-order valence-corrected chi connectivity index (χ3v) is 3.64. The van der Waals surface area contributed by atoms with Crippen LogP contribution in [0, 0.1) is 17.7 Å². The summed E-state index contributed by atoms with van der Waals surface area (Å²) in [6.07, 6.45) is 1.92. The molecule has 0 fully saturated rings. The van der Waals surface area contributed by atoms with Gasteiger partial charge >= 0.3 is 0 Å². The normalized spacial score (nSPS) is 13.3. The lowest BCUT2D eigenvalue weighted by Crippen LogP contribution is -2.30.